The van der Waals surface area contributed by atoms with Gasteiger partial charge in [-0.1, -0.05) is 79.2 Å². The number of carbonyl (C=O) groups excluding carboxylic acids is 2. The van der Waals surface area contributed by atoms with Crippen LogP contribution in [0.2, 0.25) is 0 Å². The zero-order chi connectivity index (χ0) is 25.2. The summed E-state index contributed by atoms with van der Waals surface area (Å²) in [5, 5.41) is 3.00. The molecule has 3 aromatic rings. The Morgan fingerprint density at radius 2 is 1.63 bits per heavy atom. The summed E-state index contributed by atoms with van der Waals surface area (Å²) < 4.78 is 5.94. The summed E-state index contributed by atoms with van der Waals surface area (Å²) in [7, 11) is 0. The highest BCUT2D eigenvalue weighted by molar-refractivity contribution is 5.88. The molecule has 0 aliphatic heterocycles. The van der Waals surface area contributed by atoms with Crippen molar-refractivity contribution in [3.63, 3.8) is 0 Å². The van der Waals surface area contributed by atoms with Crippen molar-refractivity contribution >= 4 is 11.8 Å². The highest BCUT2D eigenvalue weighted by atomic mass is 16.5. The number of nitrogens with one attached hydrogen (secondary N) is 1. The van der Waals surface area contributed by atoms with E-state index in [4.69, 9.17) is 4.74 Å². The molecule has 5 nitrogen and oxygen atoms in total. The van der Waals surface area contributed by atoms with Gasteiger partial charge in [0.1, 0.15) is 11.8 Å². The molecule has 3 rings (SSSR count). The van der Waals surface area contributed by atoms with Crippen LogP contribution in [0.5, 0.6) is 5.75 Å². The normalized spacial score (nSPS) is 11.5. The van der Waals surface area contributed by atoms with E-state index in [0.717, 1.165) is 34.2 Å². The number of nitrogens with zero attached hydrogens (tertiary/aromatic N) is 1. The van der Waals surface area contributed by atoms with Gasteiger partial charge in [-0.15, -0.1) is 0 Å². The Hall–Kier alpha value is -3.60. The molecule has 0 saturated heterocycles. The lowest BCUT2D eigenvalue weighted by Crippen LogP contribution is -2.51. The van der Waals surface area contributed by atoms with Crippen molar-refractivity contribution < 1.29 is 14.3 Å². The molecule has 0 bridgehead atoms. The summed E-state index contributed by atoms with van der Waals surface area (Å²) in [5.74, 6) is 0.305. The third-order valence-corrected chi connectivity index (χ3v) is 6.10. The van der Waals surface area contributed by atoms with Crippen LogP contribution in [-0.4, -0.2) is 35.9 Å². The number of ether oxygens (including phenoxy) is 1. The molecule has 0 heterocycles. The minimum absolute atomic E-state index is 0.137. The summed E-state index contributed by atoms with van der Waals surface area (Å²) in [4.78, 5) is 28.7. The first-order chi connectivity index (χ1) is 16.9. The van der Waals surface area contributed by atoms with Crippen molar-refractivity contribution in [3.8, 4) is 5.75 Å². The van der Waals surface area contributed by atoms with Crippen molar-refractivity contribution in [3.05, 3.63) is 101 Å². The van der Waals surface area contributed by atoms with E-state index in [9.17, 15) is 9.59 Å². The quantitative estimate of drug-likeness (QED) is 0.420. The van der Waals surface area contributed by atoms with Gasteiger partial charge in [-0.25, -0.2) is 0 Å². The standard InChI is InChI=1S/C30H36N2O3/c1-5-17-31-30(34)27(19-25-12-7-6-8-13-25)32(20-26-14-10-9-11-23(26)3)29(33)21-35-28-16-15-22(2)18-24(28)4/h6-16,18,27H,5,17,19-21H2,1-4H3,(H,31,34)/t27-/m1/s1. The molecule has 184 valence electrons. The largest absolute Gasteiger partial charge is 0.483 e. The molecule has 2 amide bonds. The SMILES string of the molecule is CCCNC(=O)[C@@H](Cc1ccccc1)N(Cc1ccccc1C)C(=O)COc1ccc(C)cc1C. The second-order valence-electron chi connectivity index (χ2n) is 9.00. The minimum atomic E-state index is -0.654. The van der Waals surface area contributed by atoms with Crippen LogP contribution in [0.1, 0.15) is 41.2 Å². The second-order valence-corrected chi connectivity index (χ2v) is 9.00. The molecule has 0 radical (unpaired) electrons. The van der Waals surface area contributed by atoms with Gasteiger partial charge in [-0.3, -0.25) is 9.59 Å². The van der Waals surface area contributed by atoms with Gasteiger partial charge in [0.2, 0.25) is 5.91 Å². The third-order valence-electron chi connectivity index (χ3n) is 6.10. The summed E-state index contributed by atoms with van der Waals surface area (Å²) in [6, 6.07) is 23.0. The van der Waals surface area contributed by atoms with Crippen LogP contribution in [0.3, 0.4) is 0 Å². The fourth-order valence-corrected chi connectivity index (χ4v) is 4.07. The van der Waals surface area contributed by atoms with Crippen molar-refractivity contribution in [2.75, 3.05) is 13.2 Å². The molecule has 3 aromatic carbocycles. The van der Waals surface area contributed by atoms with E-state index >= 15 is 0 Å². The number of aryl methyl sites for hydroxylation is 3. The fraction of sp³-hybridized carbons (Fsp3) is 0.333. The van der Waals surface area contributed by atoms with Crippen LogP contribution in [0, 0.1) is 20.8 Å². The summed E-state index contributed by atoms with van der Waals surface area (Å²) in [5.41, 5.74) is 5.20. The van der Waals surface area contributed by atoms with Gasteiger partial charge in [-0.2, -0.15) is 0 Å². The second kappa shape index (κ2) is 12.7. The maximum absolute atomic E-state index is 13.6. The Kier molecular flexibility index (Phi) is 9.47. The minimum Gasteiger partial charge on any atom is -0.483 e. The van der Waals surface area contributed by atoms with E-state index in [1.165, 1.54) is 0 Å². The maximum Gasteiger partial charge on any atom is 0.261 e. The average molecular weight is 473 g/mol. The Balaban J connectivity index is 1.91. The number of amides is 2. The summed E-state index contributed by atoms with van der Waals surface area (Å²) in [6.45, 7) is 8.79. The Bertz CT molecular complexity index is 1130. The predicted molar refractivity (Wildman–Crippen MR) is 140 cm³/mol. The summed E-state index contributed by atoms with van der Waals surface area (Å²) in [6.07, 6.45) is 1.25. The van der Waals surface area contributed by atoms with E-state index in [-0.39, 0.29) is 18.4 Å². The van der Waals surface area contributed by atoms with Gasteiger partial charge in [0, 0.05) is 19.5 Å². The molecule has 0 spiro atoms. The molecule has 0 aliphatic carbocycles. The van der Waals surface area contributed by atoms with E-state index in [1.807, 2.05) is 100 Å². The number of carbonyl (C=O) groups is 2. The van der Waals surface area contributed by atoms with Gasteiger partial charge >= 0.3 is 0 Å². The van der Waals surface area contributed by atoms with Crippen LogP contribution in [0.4, 0.5) is 0 Å². The van der Waals surface area contributed by atoms with E-state index < -0.39 is 6.04 Å². The van der Waals surface area contributed by atoms with Crippen molar-refractivity contribution in [1.29, 1.82) is 0 Å². The lowest BCUT2D eigenvalue weighted by atomic mass is 10.0. The molecule has 0 fully saturated rings. The fourth-order valence-electron chi connectivity index (χ4n) is 4.07. The highest BCUT2D eigenvalue weighted by Gasteiger charge is 2.30. The van der Waals surface area contributed by atoms with Gasteiger partial charge in [-0.05, 0) is 55.5 Å². The highest BCUT2D eigenvalue weighted by Crippen LogP contribution is 2.21. The first-order valence-corrected chi connectivity index (χ1v) is 12.2. The maximum atomic E-state index is 13.6. The molecule has 0 unspecified atom stereocenters. The molecule has 0 saturated carbocycles. The van der Waals surface area contributed by atoms with Crippen LogP contribution < -0.4 is 10.1 Å². The Morgan fingerprint density at radius 1 is 0.914 bits per heavy atom. The number of hydrogen-bond donors (Lipinski definition) is 1. The smallest absolute Gasteiger partial charge is 0.261 e. The third kappa shape index (κ3) is 7.44. The number of benzene rings is 3. The van der Waals surface area contributed by atoms with Gasteiger partial charge in [0.15, 0.2) is 6.61 Å². The molecule has 0 aromatic heterocycles. The van der Waals surface area contributed by atoms with Crippen LogP contribution in [0.25, 0.3) is 0 Å². The van der Waals surface area contributed by atoms with Crippen LogP contribution >= 0.6 is 0 Å². The van der Waals surface area contributed by atoms with Crippen molar-refractivity contribution in [2.24, 2.45) is 0 Å². The lowest BCUT2D eigenvalue weighted by Gasteiger charge is -2.32. The number of rotatable bonds is 11. The molecule has 35 heavy (non-hydrogen) atoms. The average Bonchev–Trinajstić information content (AvgIpc) is 2.85. The first kappa shape index (κ1) is 26.0. The Morgan fingerprint density at radius 3 is 2.31 bits per heavy atom. The van der Waals surface area contributed by atoms with Crippen LogP contribution in [-0.2, 0) is 22.6 Å². The molecule has 1 N–H and O–H groups in total. The monoisotopic (exact) mass is 472 g/mol. The Labute approximate surface area is 209 Å². The predicted octanol–water partition coefficient (Wildman–Crippen LogP) is 5.16. The molecular weight excluding hydrogens is 436 g/mol. The zero-order valence-corrected chi connectivity index (χ0v) is 21.2. The summed E-state index contributed by atoms with van der Waals surface area (Å²) >= 11 is 0. The van der Waals surface area contributed by atoms with E-state index in [2.05, 4.69) is 5.32 Å². The van der Waals surface area contributed by atoms with Gasteiger partial charge in [0.05, 0.1) is 0 Å². The van der Waals surface area contributed by atoms with Crippen LogP contribution in [0.15, 0.2) is 72.8 Å². The van der Waals surface area contributed by atoms with Gasteiger partial charge in [0.25, 0.3) is 5.91 Å². The van der Waals surface area contributed by atoms with E-state index in [1.54, 1.807) is 4.90 Å². The topological polar surface area (TPSA) is 58.6 Å². The van der Waals surface area contributed by atoms with E-state index in [0.29, 0.717) is 25.3 Å². The molecule has 1 atom stereocenters. The number of hydrogen-bond acceptors (Lipinski definition) is 3. The molecule has 0 aliphatic rings. The molecule has 5 heteroatoms. The first-order valence-electron chi connectivity index (χ1n) is 12.2. The van der Waals surface area contributed by atoms with Gasteiger partial charge < -0.3 is 15.0 Å². The molecular formula is C30H36N2O3. The van der Waals surface area contributed by atoms with Crippen molar-refractivity contribution in [2.45, 2.75) is 53.1 Å². The van der Waals surface area contributed by atoms with Crippen molar-refractivity contribution in [1.82, 2.24) is 10.2 Å². The lowest BCUT2D eigenvalue weighted by molar-refractivity contribution is -0.142. The zero-order valence-electron chi connectivity index (χ0n) is 21.2.